The maximum absolute atomic E-state index is 11.3. The largest absolute Gasteiger partial charge is 0.295 e. The molecule has 0 saturated heterocycles. The number of ketones is 1. The van der Waals surface area contributed by atoms with Crippen molar-refractivity contribution in [3.63, 3.8) is 0 Å². The zero-order chi connectivity index (χ0) is 11.6. The van der Waals surface area contributed by atoms with Crippen molar-refractivity contribution < 1.29 is 4.79 Å². The van der Waals surface area contributed by atoms with Gasteiger partial charge in [0.15, 0.2) is 5.78 Å². The van der Waals surface area contributed by atoms with Crippen LogP contribution < -0.4 is 0 Å². The molecule has 0 bridgehead atoms. The second-order valence-electron chi connectivity index (χ2n) is 5.06. The highest BCUT2D eigenvalue weighted by molar-refractivity contribution is 5.92. The van der Waals surface area contributed by atoms with Gasteiger partial charge in [0.05, 0.1) is 0 Å². The number of hydrogen-bond acceptors (Lipinski definition) is 1. The van der Waals surface area contributed by atoms with Crippen molar-refractivity contribution in [1.82, 2.24) is 0 Å². The van der Waals surface area contributed by atoms with Crippen LogP contribution in [0.15, 0.2) is 22.8 Å². The molecule has 1 aliphatic rings. The van der Waals surface area contributed by atoms with Crippen molar-refractivity contribution in [2.24, 2.45) is 5.41 Å². The molecule has 0 amide bonds. The fourth-order valence-corrected chi connectivity index (χ4v) is 2.34. The molecule has 0 fully saturated rings. The quantitative estimate of drug-likeness (QED) is 0.492. The van der Waals surface area contributed by atoms with Crippen LogP contribution in [-0.2, 0) is 4.79 Å². The molecule has 1 heteroatoms. The van der Waals surface area contributed by atoms with Crippen LogP contribution in [0.3, 0.4) is 0 Å². The van der Waals surface area contributed by atoms with E-state index in [4.69, 9.17) is 0 Å². The molecule has 0 heterocycles. The molecule has 0 aliphatic heterocycles. The maximum Gasteiger partial charge on any atom is 0.155 e. The SMILES string of the molecule is CC(=O)C(C)=CC1(C)CCCC(C)=C1C. The molecule has 1 aliphatic carbocycles. The summed E-state index contributed by atoms with van der Waals surface area (Å²) in [5, 5.41) is 0. The first-order chi connectivity index (χ1) is 6.87. The third-order valence-electron chi connectivity index (χ3n) is 3.84. The summed E-state index contributed by atoms with van der Waals surface area (Å²) in [5.74, 6) is 0.187. The van der Waals surface area contributed by atoms with E-state index in [1.807, 2.05) is 6.92 Å². The van der Waals surface area contributed by atoms with Gasteiger partial charge in [0.1, 0.15) is 0 Å². The first-order valence-corrected chi connectivity index (χ1v) is 5.74. The summed E-state index contributed by atoms with van der Waals surface area (Å²) in [4.78, 5) is 11.3. The Morgan fingerprint density at radius 1 is 1.33 bits per heavy atom. The number of carbonyl (C=O) groups excluding carboxylic acids is 1. The smallest absolute Gasteiger partial charge is 0.155 e. The third kappa shape index (κ3) is 2.58. The Labute approximate surface area is 93.3 Å². The predicted octanol–water partition coefficient (Wildman–Crippen LogP) is 4.05. The van der Waals surface area contributed by atoms with Crippen molar-refractivity contribution in [2.75, 3.05) is 0 Å². The van der Waals surface area contributed by atoms with E-state index in [9.17, 15) is 4.79 Å². The second kappa shape index (κ2) is 4.34. The van der Waals surface area contributed by atoms with Gasteiger partial charge in [-0.25, -0.2) is 0 Å². The molecule has 1 rings (SSSR count). The molecule has 84 valence electrons. The summed E-state index contributed by atoms with van der Waals surface area (Å²) >= 11 is 0. The normalized spacial score (nSPS) is 28.2. The highest BCUT2D eigenvalue weighted by atomic mass is 16.1. The van der Waals surface area contributed by atoms with Gasteiger partial charge < -0.3 is 0 Å². The first kappa shape index (κ1) is 12.2. The van der Waals surface area contributed by atoms with E-state index in [0.29, 0.717) is 0 Å². The predicted molar refractivity (Wildman–Crippen MR) is 64.8 cm³/mol. The Kier molecular flexibility index (Phi) is 3.54. The highest BCUT2D eigenvalue weighted by Crippen LogP contribution is 2.42. The molecule has 1 unspecified atom stereocenters. The van der Waals surface area contributed by atoms with Gasteiger partial charge in [0, 0.05) is 5.41 Å². The number of allylic oxidation sites excluding steroid dienone is 4. The molecule has 1 nitrogen and oxygen atoms in total. The van der Waals surface area contributed by atoms with Gasteiger partial charge in [-0.05, 0) is 52.5 Å². The molecule has 0 saturated carbocycles. The summed E-state index contributed by atoms with van der Waals surface area (Å²) in [5.41, 5.74) is 3.95. The van der Waals surface area contributed by atoms with Gasteiger partial charge in [-0.15, -0.1) is 0 Å². The lowest BCUT2D eigenvalue weighted by Gasteiger charge is -2.34. The number of rotatable bonds is 2. The number of Topliss-reactive ketones (excluding diaryl/α,β-unsaturated/α-hetero) is 1. The summed E-state index contributed by atoms with van der Waals surface area (Å²) in [6.07, 6.45) is 5.78. The molecule has 0 spiro atoms. The van der Waals surface area contributed by atoms with Crippen molar-refractivity contribution in [1.29, 1.82) is 0 Å². The Morgan fingerprint density at radius 3 is 2.47 bits per heavy atom. The summed E-state index contributed by atoms with van der Waals surface area (Å²) < 4.78 is 0. The van der Waals surface area contributed by atoms with Crippen LogP contribution in [0.25, 0.3) is 0 Å². The molecular formula is C14H22O. The van der Waals surface area contributed by atoms with E-state index < -0.39 is 0 Å². The molecule has 0 radical (unpaired) electrons. The topological polar surface area (TPSA) is 17.1 Å². The van der Waals surface area contributed by atoms with Crippen LogP contribution >= 0.6 is 0 Å². The molecular weight excluding hydrogens is 184 g/mol. The van der Waals surface area contributed by atoms with E-state index in [1.54, 1.807) is 6.92 Å². The van der Waals surface area contributed by atoms with Crippen molar-refractivity contribution >= 4 is 5.78 Å². The van der Waals surface area contributed by atoms with E-state index in [2.05, 4.69) is 26.8 Å². The van der Waals surface area contributed by atoms with Crippen LogP contribution in [0.1, 0.15) is 53.9 Å². The molecule has 1 atom stereocenters. The molecule has 0 aromatic carbocycles. The fraction of sp³-hybridized carbons (Fsp3) is 0.643. The molecule has 15 heavy (non-hydrogen) atoms. The van der Waals surface area contributed by atoms with Gasteiger partial charge in [0.25, 0.3) is 0 Å². The zero-order valence-corrected chi connectivity index (χ0v) is 10.6. The first-order valence-electron chi connectivity index (χ1n) is 5.74. The Bertz CT molecular complexity index is 333. The van der Waals surface area contributed by atoms with E-state index in [-0.39, 0.29) is 11.2 Å². The van der Waals surface area contributed by atoms with Gasteiger partial charge in [-0.3, -0.25) is 4.79 Å². The van der Waals surface area contributed by atoms with E-state index >= 15 is 0 Å². The zero-order valence-electron chi connectivity index (χ0n) is 10.6. The maximum atomic E-state index is 11.3. The van der Waals surface area contributed by atoms with Gasteiger partial charge in [-0.1, -0.05) is 24.1 Å². The summed E-state index contributed by atoms with van der Waals surface area (Å²) in [6.45, 7) is 10.2. The minimum absolute atomic E-state index is 0.109. The van der Waals surface area contributed by atoms with Gasteiger partial charge >= 0.3 is 0 Å². The monoisotopic (exact) mass is 206 g/mol. The van der Waals surface area contributed by atoms with Crippen molar-refractivity contribution in [3.05, 3.63) is 22.8 Å². The van der Waals surface area contributed by atoms with Crippen LogP contribution in [0, 0.1) is 5.41 Å². The Morgan fingerprint density at radius 2 is 1.93 bits per heavy atom. The van der Waals surface area contributed by atoms with Crippen LogP contribution in [0.2, 0.25) is 0 Å². The van der Waals surface area contributed by atoms with E-state index in [1.165, 1.54) is 30.4 Å². The number of carbonyl (C=O) groups is 1. The van der Waals surface area contributed by atoms with E-state index in [0.717, 1.165) is 5.57 Å². The van der Waals surface area contributed by atoms with Gasteiger partial charge in [-0.2, -0.15) is 0 Å². The lowest BCUT2D eigenvalue weighted by Crippen LogP contribution is -2.21. The minimum atomic E-state index is 0.109. The average Bonchev–Trinajstić information content (AvgIpc) is 2.14. The van der Waals surface area contributed by atoms with Crippen LogP contribution in [-0.4, -0.2) is 5.78 Å². The van der Waals surface area contributed by atoms with Crippen molar-refractivity contribution in [3.8, 4) is 0 Å². The minimum Gasteiger partial charge on any atom is -0.295 e. The van der Waals surface area contributed by atoms with Crippen LogP contribution in [0.4, 0.5) is 0 Å². The van der Waals surface area contributed by atoms with Gasteiger partial charge in [0.2, 0.25) is 0 Å². The Hall–Kier alpha value is -0.850. The lowest BCUT2D eigenvalue weighted by molar-refractivity contribution is -0.113. The molecule has 0 N–H and O–H groups in total. The Balaban J connectivity index is 3.07. The molecule has 0 aromatic rings. The second-order valence-corrected chi connectivity index (χ2v) is 5.06. The standard InChI is InChI=1S/C14H22O/c1-10-7-6-8-14(5,12(10)3)9-11(2)13(4)15/h9H,6-8H2,1-5H3. The highest BCUT2D eigenvalue weighted by Gasteiger charge is 2.28. The fourth-order valence-electron chi connectivity index (χ4n) is 2.34. The summed E-state index contributed by atoms with van der Waals surface area (Å²) in [7, 11) is 0. The lowest BCUT2D eigenvalue weighted by atomic mass is 9.71. The number of hydrogen-bond donors (Lipinski definition) is 0. The molecule has 0 aromatic heterocycles. The third-order valence-corrected chi connectivity index (χ3v) is 3.84. The van der Waals surface area contributed by atoms with Crippen LogP contribution in [0.5, 0.6) is 0 Å². The summed E-state index contributed by atoms with van der Waals surface area (Å²) in [6, 6.07) is 0. The average molecular weight is 206 g/mol. The van der Waals surface area contributed by atoms with Crippen molar-refractivity contribution in [2.45, 2.75) is 53.9 Å².